The van der Waals surface area contributed by atoms with Crippen LogP contribution in [0.15, 0.2) is 72.9 Å². The van der Waals surface area contributed by atoms with Crippen molar-refractivity contribution < 1.29 is 28.6 Å². The van der Waals surface area contributed by atoms with Crippen LogP contribution in [0.3, 0.4) is 0 Å². The van der Waals surface area contributed by atoms with Crippen molar-refractivity contribution in [2.24, 2.45) is 0 Å². The molecule has 0 bridgehead atoms. The molecule has 0 amide bonds. The molecule has 0 spiro atoms. The van der Waals surface area contributed by atoms with Gasteiger partial charge in [-0.05, 0) is 89.9 Å². The van der Waals surface area contributed by atoms with E-state index in [2.05, 4.69) is 93.7 Å². The molecule has 0 aromatic carbocycles. The van der Waals surface area contributed by atoms with E-state index in [1.807, 2.05) is 0 Å². The quantitative estimate of drug-likeness (QED) is 0.0261. The number of allylic oxidation sites excluding steroid dienone is 12. The molecule has 0 saturated heterocycles. The SMILES string of the molecule is CC/C=C\C/C=C\C/C=C\C/C=C\C/C=C\CCCCCCCCCCCCCCCCCC(=O)OCC(COC(=O)CCCCCCCCCCCC)OC(=O)CCCCCCCCC/C=C\CCCCCCCCC. The zero-order chi connectivity index (χ0) is 55.7. The van der Waals surface area contributed by atoms with Crippen molar-refractivity contribution >= 4 is 17.9 Å². The summed E-state index contributed by atoms with van der Waals surface area (Å²) in [5.74, 6) is -0.860. The molecule has 1 atom stereocenters. The van der Waals surface area contributed by atoms with Crippen LogP contribution in [0.4, 0.5) is 0 Å². The maximum atomic E-state index is 12.9. The Morgan fingerprint density at radius 2 is 0.506 bits per heavy atom. The number of esters is 3. The van der Waals surface area contributed by atoms with Crippen LogP contribution >= 0.6 is 0 Å². The van der Waals surface area contributed by atoms with Crippen molar-refractivity contribution in [3.05, 3.63) is 72.9 Å². The van der Waals surface area contributed by atoms with Crippen molar-refractivity contribution in [2.45, 2.75) is 348 Å². The average Bonchev–Trinajstić information content (AvgIpc) is 3.43. The van der Waals surface area contributed by atoms with Crippen LogP contribution in [-0.4, -0.2) is 37.2 Å². The molecular formula is C71H126O6. The van der Waals surface area contributed by atoms with E-state index >= 15 is 0 Å². The first kappa shape index (κ1) is 73.8. The van der Waals surface area contributed by atoms with E-state index in [0.717, 1.165) is 89.9 Å². The Balaban J connectivity index is 4.14. The first-order chi connectivity index (χ1) is 38.0. The van der Waals surface area contributed by atoms with Crippen LogP contribution in [0.25, 0.3) is 0 Å². The van der Waals surface area contributed by atoms with Crippen molar-refractivity contribution in [1.82, 2.24) is 0 Å². The third-order valence-corrected chi connectivity index (χ3v) is 14.7. The Labute approximate surface area is 478 Å². The van der Waals surface area contributed by atoms with Gasteiger partial charge in [0, 0.05) is 19.3 Å². The number of rotatable bonds is 61. The summed E-state index contributed by atoms with van der Waals surface area (Å²) in [6.07, 6.45) is 85.0. The standard InChI is InChI=1S/C71H126O6/c1-4-7-10-13-16-19-22-24-26-28-30-31-32-33-34-35-36-37-38-39-40-41-42-44-45-47-49-52-55-58-61-64-70(73)76-67-68(66-75-69(72)63-60-57-54-51-21-18-15-12-9-6-3)77-71(74)65-62-59-56-53-50-48-46-43-29-27-25-23-20-17-14-11-8-5-2/h7,10,16,19,24,26-27,29-31,33-34,68H,4-6,8-9,11-15,17-18,20-23,25,28,32,35-67H2,1-3H3/b10-7-,19-16-,26-24-,29-27-,31-30-,34-33-. The van der Waals surface area contributed by atoms with Gasteiger partial charge in [0.25, 0.3) is 0 Å². The molecule has 0 fully saturated rings. The van der Waals surface area contributed by atoms with Gasteiger partial charge in [-0.1, -0.05) is 306 Å². The summed E-state index contributed by atoms with van der Waals surface area (Å²) in [7, 11) is 0. The van der Waals surface area contributed by atoms with Gasteiger partial charge in [0.2, 0.25) is 0 Å². The number of hydrogen-bond acceptors (Lipinski definition) is 6. The van der Waals surface area contributed by atoms with E-state index in [9.17, 15) is 14.4 Å². The summed E-state index contributed by atoms with van der Waals surface area (Å²) in [6, 6.07) is 0. The van der Waals surface area contributed by atoms with Crippen LogP contribution in [0.5, 0.6) is 0 Å². The van der Waals surface area contributed by atoms with E-state index in [1.165, 1.54) is 212 Å². The highest BCUT2D eigenvalue weighted by Gasteiger charge is 2.19. The Bertz CT molecular complexity index is 1420. The molecule has 1 unspecified atom stereocenters. The topological polar surface area (TPSA) is 78.9 Å². The van der Waals surface area contributed by atoms with Crippen LogP contribution in [0.1, 0.15) is 342 Å². The zero-order valence-electron chi connectivity index (χ0n) is 51.2. The summed E-state index contributed by atoms with van der Waals surface area (Å²) in [5, 5.41) is 0. The minimum absolute atomic E-state index is 0.0720. The smallest absolute Gasteiger partial charge is 0.306 e. The third kappa shape index (κ3) is 63.6. The first-order valence-electron chi connectivity index (χ1n) is 33.4. The van der Waals surface area contributed by atoms with Crippen molar-refractivity contribution in [3.63, 3.8) is 0 Å². The predicted octanol–water partition coefficient (Wildman–Crippen LogP) is 22.9. The maximum absolute atomic E-state index is 12.9. The molecule has 6 nitrogen and oxygen atoms in total. The summed E-state index contributed by atoms with van der Waals surface area (Å²) in [5.41, 5.74) is 0. The highest BCUT2D eigenvalue weighted by molar-refractivity contribution is 5.71. The highest BCUT2D eigenvalue weighted by atomic mass is 16.6. The molecule has 446 valence electrons. The number of carbonyl (C=O) groups is 3. The number of unbranched alkanes of at least 4 members (excludes halogenated alkanes) is 38. The Morgan fingerprint density at radius 3 is 0.805 bits per heavy atom. The molecule has 0 heterocycles. The Morgan fingerprint density at radius 1 is 0.273 bits per heavy atom. The second-order valence-electron chi connectivity index (χ2n) is 22.4. The number of ether oxygens (including phenoxy) is 3. The van der Waals surface area contributed by atoms with Gasteiger partial charge < -0.3 is 14.2 Å². The van der Waals surface area contributed by atoms with Gasteiger partial charge in [0.1, 0.15) is 13.2 Å². The minimum atomic E-state index is -0.774. The van der Waals surface area contributed by atoms with Crippen LogP contribution in [0, 0.1) is 0 Å². The van der Waals surface area contributed by atoms with Gasteiger partial charge in [0.15, 0.2) is 6.10 Å². The number of carbonyl (C=O) groups excluding carboxylic acids is 3. The normalized spacial score (nSPS) is 12.5. The molecule has 6 heteroatoms. The molecule has 0 radical (unpaired) electrons. The molecule has 0 aliphatic carbocycles. The fraction of sp³-hybridized carbons (Fsp3) is 0.789. The molecule has 0 aromatic heterocycles. The summed E-state index contributed by atoms with van der Waals surface area (Å²) < 4.78 is 16.9. The Hall–Kier alpha value is -3.15. The highest BCUT2D eigenvalue weighted by Crippen LogP contribution is 2.17. The minimum Gasteiger partial charge on any atom is -0.462 e. The van der Waals surface area contributed by atoms with Crippen molar-refractivity contribution in [3.8, 4) is 0 Å². The number of hydrogen-bond donors (Lipinski definition) is 0. The van der Waals surface area contributed by atoms with E-state index in [0.29, 0.717) is 19.3 Å². The van der Waals surface area contributed by atoms with Crippen LogP contribution < -0.4 is 0 Å². The predicted molar refractivity (Wildman–Crippen MR) is 335 cm³/mol. The molecule has 0 aromatic rings. The van der Waals surface area contributed by atoms with Crippen molar-refractivity contribution in [2.75, 3.05) is 13.2 Å². The lowest BCUT2D eigenvalue weighted by atomic mass is 10.0. The van der Waals surface area contributed by atoms with E-state index < -0.39 is 6.10 Å². The monoisotopic (exact) mass is 1070 g/mol. The van der Waals surface area contributed by atoms with Crippen molar-refractivity contribution in [1.29, 1.82) is 0 Å². The van der Waals surface area contributed by atoms with Gasteiger partial charge >= 0.3 is 17.9 Å². The summed E-state index contributed by atoms with van der Waals surface area (Å²) in [4.78, 5) is 38.2. The van der Waals surface area contributed by atoms with Gasteiger partial charge in [0.05, 0.1) is 0 Å². The lowest BCUT2D eigenvalue weighted by Gasteiger charge is -2.18. The molecule has 0 N–H and O–H groups in total. The second kappa shape index (κ2) is 65.4. The first-order valence-corrected chi connectivity index (χ1v) is 33.4. The maximum Gasteiger partial charge on any atom is 0.306 e. The lowest BCUT2D eigenvalue weighted by molar-refractivity contribution is -0.167. The van der Waals surface area contributed by atoms with Gasteiger partial charge in [-0.25, -0.2) is 0 Å². The van der Waals surface area contributed by atoms with E-state index in [4.69, 9.17) is 14.2 Å². The summed E-state index contributed by atoms with van der Waals surface area (Å²) in [6.45, 7) is 6.55. The zero-order valence-corrected chi connectivity index (χ0v) is 51.2. The average molecular weight is 1080 g/mol. The molecule has 0 saturated carbocycles. The molecular weight excluding hydrogens is 949 g/mol. The molecule has 0 aliphatic rings. The van der Waals surface area contributed by atoms with E-state index in [1.54, 1.807) is 0 Å². The molecule has 0 aliphatic heterocycles. The Kier molecular flexibility index (Phi) is 62.7. The fourth-order valence-electron chi connectivity index (χ4n) is 9.70. The molecule has 0 rings (SSSR count). The van der Waals surface area contributed by atoms with Crippen LogP contribution in [0.2, 0.25) is 0 Å². The van der Waals surface area contributed by atoms with E-state index in [-0.39, 0.29) is 31.1 Å². The van der Waals surface area contributed by atoms with Gasteiger partial charge in [-0.3, -0.25) is 14.4 Å². The molecule has 77 heavy (non-hydrogen) atoms. The van der Waals surface area contributed by atoms with Gasteiger partial charge in [-0.2, -0.15) is 0 Å². The van der Waals surface area contributed by atoms with Gasteiger partial charge in [-0.15, -0.1) is 0 Å². The largest absolute Gasteiger partial charge is 0.462 e. The third-order valence-electron chi connectivity index (χ3n) is 14.7. The summed E-state index contributed by atoms with van der Waals surface area (Å²) >= 11 is 0. The fourth-order valence-corrected chi connectivity index (χ4v) is 9.70. The lowest BCUT2D eigenvalue weighted by Crippen LogP contribution is -2.30. The second-order valence-corrected chi connectivity index (χ2v) is 22.4. The van der Waals surface area contributed by atoms with Crippen LogP contribution in [-0.2, 0) is 28.6 Å².